The molecule has 304 valence electrons. The Kier molecular flexibility index (Phi) is 11.6. The average molecular weight is 832 g/mol. The van der Waals surface area contributed by atoms with Crippen molar-refractivity contribution in [3.63, 3.8) is 0 Å². The summed E-state index contributed by atoms with van der Waals surface area (Å²) in [4.78, 5) is 27.4. The van der Waals surface area contributed by atoms with Crippen LogP contribution in [0.2, 0.25) is 0 Å². The molecule has 0 unspecified atom stereocenters. The summed E-state index contributed by atoms with van der Waals surface area (Å²) in [6.07, 6.45) is -3.99. The molecule has 0 spiro atoms. The van der Waals surface area contributed by atoms with Crippen LogP contribution >= 0.6 is 8.53 Å². The smallest absolute Gasteiger partial charge is 0.330 e. The predicted octanol–water partition coefficient (Wildman–Crippen LogP) is 5.75. The molecular formula is C42H43FN3O10PS. The van der Waals surface area contributed by atoms with Crippen LogP contribution in [0.3, 0.4) is 0 Å². The first-order chi connectivity index (χ1) is 28.1. The van der Waals surface area contributed by atoms with Crippen LogP contribution in [0.4, 0.5) is 4.39 Å². The molecule has 8 rings (SSSR count). The lowest BCUT2D eigenvalue weighted by Crippen LogP contribution is -2.40. The molecule has 1 N–H and O–H groups in total. The van der Waals surface area contributed by atoms with Crippen LogP contribution in [0.1, 0.15) is 35.8 Å². The maximum absolute atomic E-state index is 17.1. The van der Waals surface area contributed by atoms with Crippen molar-refractivity contribution in [1.29, 1.82) is 0 Å². The first kappa shape index (κ1) is 40.1. The lowest BCUT2D eigenvalue weighted by Gasteiger charge is -2.37. The second-order valence-corrected chi connectivity index (χ2v) is 17.7. The summed E-state index contributed by atoms with van der Waals surface area (Å²) in [5.74, 6) is 0.999. The predicted molar refractivity (Wildman–Crippen MR) is 213 cm³/mol. The zero-order valence-electron chi connectivity index (χ0n) is 31.8. The number of nitrogens with zero attached hydrogens (tertiary/aromatic N) is 2. The Bertz CT molecular complexity index is 2360. The fraction of sp³-hybridized carbons (Fsp3) is 0.333. The van der Waals surface area contributed by atoms with Crippen LogP contribution in [0.5, 0.6) is 11.5 Å². The Labute approximate surface area is 336 Å². The van der Waals surface area contributed by atoms with Crippen molar-refractivity contribution in [3.8, 4) is 11.5 Å². The van der Waals surface area contributed by atoms with E-state index in [1.807, 2.05) is 83.5 Å². The molecule has 5 aromatic rings. The number of H-pyrrole nitrogens is 1. The van der Waals surface area contributed by atoms with Crippen molar-refractivity contribution < 1.29 is 40.8 Å². The molecule has 4 heterocycles. The first-order valence-corrected chi connectivity index (χ1v) is 21.7. The summed E-state index contributed by atoms with van der Waals surface area (Å²) in [6.45, 7) is 0.323. The fourth-order valence-electron chi connectivity index (χ4n) is 7.96. The lowest BCUT2D eigenvalue weighted by molar-refractivity contribution is -0.0930. The van der Waals surface area contributed by atoms with Crippen LogP contribution in [0, 0.1) is 0 Å². The molecule has 58 heavy (non-hydrogen) atoms. The number of fused-ring (bicyclic) bond motifs is 1. The van der Waals surface area contributed by atoms with Gasteiger partial charge in [-0.2, -0.15) is 0 Å². The third kappa shape index (κ3) is 7.75. The van der Waals surface area contributed by atoms with Crippen molar-refractivity contribution in [2.45, 2.75) is 60.1 Å². The zero-order chi connectivity index (χ0) is 40.4. The van der Waals surface area contributed by atoms with E-state index in [2.05, 4.69) is 4.98 Å². The molecule has 13 nitrogen and oxygen atoms in total. The molecular weight excluding hydrogens is 789 g/mol. The third-order valence-electron chi connectivity index (χ3n) is 10.9. The highest BCUT2D eigenvalue weighted by atomic mass is 32.2. The molecule has 7 atom stereocenters. The van der Waals surface area contributed by atoms with E-state index in [4.69, 9.17) is 28.0 Å². The topological polar surface area (TPSA) is 148 Å². The standard InChI is InChI=1S/C42H43FN3O10PS/c1-51-31-19-15-29(16-20-31)42(28-10-5-3-6-11-28,30-17-21-32(52-2)22-18-30)53-26-35-39(38(43)40(54-35)45-25-23-37(47)44-41(45)48)56-57-46-24-9-14-34(46)36(55-57)27-58(49,50)33-12-7-4-8-13-33/h3-8,10-13,15-23,25,34-36,38-40H,9,14,24,26-27H2,1-2H3,(H,44,47,48)/t34-,35+,36+,38-,39+,40+,57+/m0/s1. The van der Waals surface area contributed by atoms with E-state index in [1.165, 1.54) is 6.20 Å². The summed E-state index contributed by atoms with van der Waals surface area (Å²) in [7, 11) is -2.53. The van der Waals surface area contributed by atoms with Gasteiger partial charge in [-0.25, -0.2) is 22.3 Å². The molecule has 0 radical (unpaired) electrons. The van der Waals surface area contributed by atoms with Gasteiger partial charge in [0.2, 0.25) is 0 Å². The minimum atomic E-state index is -3.72. The van der Waals surface area contributed by atoms with Crippen molar-refractivity contribution in [2.24, 2.45) is 0 Å². The quantitative estimate of drug-likeness (QED) is 0.108. The van der Waals surface area contributed by atoms with E-state index in [-0.39, 0.29) is 23.3 Å². The minimum absolute atomic E-state index is 0.190. The molecule has 1 aromatic heterocycles. The fourth-order valence-corrected chi connectivity index (χ4v) is 11.6. The van der Waals surface area contributed by atoms with Gasteiger partial charge in [-0.1, -0.05) is 72.8 Å². The number of methoxy groups -OCH3 is 2. The van der Waals surface area contributed by atoms with Gasteiger partial charge in [-0.3, -0.25) is 14.3 Å². The SMILES string of the molecule is COc1ccc(C(OC[C@H]2O[C@@H](n3ccc(=O)[nH]c3=O)[C@@H](F)[C@@H]2O[P@@]2O[C@H](CS(=O)(=O)c3ccccc3)[C@@H]3CCCN32)(c2ccccc2)c2ccc(OC)cc2)cc1. The second-order valence-electron chi connectivity index (χ2n) is 14.3. The van der Waals surface area contributed by atoms with Crippen LogP contribution in [-0.4, -0.2) is 86.3 Å². The minimum Gasteiger partial charge on any atom is -0.497 e. The Hall–Kier alpha value is -4.73. The van der Waals surface area contributed by atoms with Crippen molar-refractivity contribution >= 4 is 18.4 Å². The van der Waals surface area contributed by atoms with E-state index < -0.39 is 65.9 Å². The molecule has 0 saturated carbocycles. The van der Waals surface area contributed by atoms with Crippen molar-refractivity contribution in [1.82, 2.24) is 14.2 Å². The Morgan fingerprint density at radius 2 is 1.43 bits per heavy atom. The number of nitrogens with one attached hydrogen (secondary N) is 1. The van der Waals surface area contributed by atoms with Crippen LogP contribution in [0.25, 0.3) is 0 Å². The summed E-state index contributed by atoms with van der Waals surface area (Å²) in [6, 6.07) is 33.5. The van der Waals surface area contributed by atoms with E-state index in [1.54, 1.807) is 44.6 Å². The van der Waals surface area contributed by atoms with Gasteiger partial charge < -0.3 is 28.0 Å². The third-order valence-corrected chi connectivity index (χ3v) is 14.4. The summed E-state index contributed by atoms with van der Waals surface area (Å²) in [5, 5.41) is 0. The first-order valence-electron chi connectivity index (χ1n) is 18.9. The molecule has 0 bridgehead atoms. The molecule has 3 saturated heterocycles. The molecule has 16 heteroatoms. The van der Waals surface area contributed by atoms with E-state index >= 15 is 4.39 Å². The van der Waals surface area contributed by atoms with Gasteiger partial charge in [0.25, 0.3) is 14.1 Å². The van der Waals surface area contributed by atoms with Gasteiger partial charge in [0.1, 0.15) is 29.3 Å². The largest absolute Gasteiger partial charge is 0.497 e. The molecule has 3 aliphatic rings. The number of sulfone groups is 1. The Morgan fingerprint density at radius 1 is 0.828 bits per heavy atom. The number of alkyl halides is 1. The van der Waals surface area contributed by atoms with Gasteiger partial charge in [-0.05, 0) is 65.9 Å². The van der Waals surface area contributed by atoms with Gasteiger partial charge >= 0.3 is 5.69 Å². The van der Waals surface area contributed by atoms with Crippen molar-refractivity contribution in [2.75, 3.05) is 33.1 Å². The van der Waals surface area contributed by atoms with Crippen LogP contribution < -0.4 is 20.7 Å². The number of hydrogen-bond acceptors (Lipinski definition) is 11. The summed E-state index contributed by atoms with van der Waals surface area (Å²) >= 11 is 0. The van der Waals surface area contributed by atoms with Crippen molar-refractivity contribution in [3.05, 3.63) is 159 Å². The maximum atomic E-state index is 17.1. The number of halogens is 1. The molecule has 0 aliphatic carbocycles. The van der Waals surface area contributed by atoms with Gasteiger partial charge in [-0.15, -0.1) is 0 Å². The van der Waals surface area contributed by atoms with Crippen LogP contribution in [0.15, 0.2) is 136 Å². The highest BCUT2D eigenvalue weighted by Crippen LogP contribution is 2.58. The van der Waals surface area contributed by atoms with E-state index in [0.29, 0.717) is 24.5 Å². The summed E-state index contributed by atoms with van der Waals surface area (Å²) < 4.78 is 84.4. The molecule has 3 fully saturated rings. The normalized spacial score (nSPS) is 24.8. The number of benzene rings is 4. The number of ether oxygens (including phenoxy) is 4. The highest BCUT2D eigenvalue weighted by molar-refractivity contribution is 7.91. The monoisotopic (exact) mass is 831 g/mol. The number of aromatic nitrogens is 2. The molecule has 0 amide bonds. The average Bonchev–Trinajstić information content (AvgIpc) is 3.95. The molecule has 3 aliphatic heterocycles. The van der Waals surface area contributed by atoms with Crippen LogP contribution in [-0.2, 0) is 34.0 Å². The summed E-state index contributed by atoms with van der Waals surface area (Å²) in [5.41, 5.74) is -0.569. The molecule has 4 aromatic carbocycles. The Morgan fingerprint density at radius 3 is 2.03 bits per heavy atom. The van der Waals surface area contributed by atoms with Gasteiger partial charge in [0.15, 0.2) is 22.2 Å². The number of hydrogen-bond donors (Lipinski definition) is 1. The number of aromatic amines is 1. The second kappa shape index (κ2) is 16.9. The Balaban J connectivity index is 1.15. The lowest BCUT2D eigenvalue weighted by atomic mass is 9.80. The maximum Gasteiger partial charge on any atom is 0.330 e. The van der Waals surface area contributed by atoms with Gasteiger partial charge in [0.05, 0.1) is 37.6 Å². The van der Waals surface area contributed by atoms with Gasteiger partial charge in [0, 0.05) is 24.8 Å². The zero-order valence-corrected chi connectivity index (χ0v) is 33.5. The number of rotatable bonds is 14. The highest BCUT2D eigenvalue weighted by Gasteiger charge is 2.55. The van der Waals surface area contributed by atoms with E-state index in [0.717, 1.165) is 33.7 Å². The van der Waals surface area contributed by atoms with E-state index in [9.17, 15) is 18.0 Å².